The first-order valence-electron chi connectivity index (χ1n) is 9.40. The fourth-order valence-corrected chi connectivity index (χ4v) is 4.32. The van der Waals surface area contributed by atoms with E-state index < -0.39 is 0 Å². The van der Waals surface area contributed by atoms with Gasteiger partial charge in [0.15, 0.2) is 0 Å². The molecule has 0 saturated carbocycles. The highest BCUT2D eigenvalue weighted by Crippen LogP contribution is 2.31. The molecule has 0 fully saturated rings. The summed E-state index contributed by atoms with van der Waals surface area (Å²) in [4.78, 5) is 14.5. The summed E-state index contributed by atoms with van der Waals surface area (Å²) >= 11 is 1.47. The standard InChI is InChI=1S/C23H23N3OS/c1-14(2)17-8-10-18(11-9-17)24-22(27)21-13-20-16(4)25-26(23(20)28-21)19-7-5-6-15(3)12-19/h5-14H,1-4H3,(H,24,27). The van der Waals surface area contributed by atoms with Crippen LogP contribution in [0.1, 0.15) is 46.3 Å². The fraction of sp³-hybridized carbons (Fsp3) is 0.217. The molecule has 2 heterocycles. The van der Waals surface area contributed by atoms with E-state index >= 15 is 0 Å². The number of aryl methyl sites for hydroxylation is 2. The number of hydrogen-bond acceptors (Lipinski definition) is 3. The molecular weight excluding hydrogens is 366 g/mol. The van der Waals surface area contributed by atoms with Crippen LogP contribution >= 0.6 is 11.3 Å². The molecule has 142 valence electrons. The first kappa shape index (κ1) is 18.4. The zero-order valence-electron chi connectivity index (χ0n) is 16.5. The number of anilines is 1. The first-order valence-corrected chi connectivity index (χ1v) is 10.2. The van der Waals surface area contributed by atoms with Gasteiger partial charge in [-0.15, -0.1) is 11.3 Å². The Bertz CT molecular complexity index is 1150. The lowest BCUT2D eigenvalue weighted by Gasteiger charge is -2.07. The molecule has 4 nitrogen and oxygen atoms in total. The van der Waals surface area contributed by atoms with E-state index in [-0.39, 0.29) is 5.91 Å². The second kappa shape index (κ2) is 7.24. The Kier molecular flexibility index (Phi) is 4.77. The van der Waals surface area contributed by atoms with E-state index in [1.807, 2.05) is 41.9 Å². The van der Waals surface area contributed by atoms with Crippen LogP contribution in [0.3, 0.4) is 0 Å². The van der Waals surface area contributed by atoms with Crippen LogP contribution in [0.5, 0.6) is 0 Å². The summed E-state index contributed by atoms with van der Waals surface area (Å²) in [6.07, 6.45) is 0. The predicted octanol–water partition coefficient (Wildman–Crippen LogP) is 6.08. The summed E-state index contributed by atoms with van der Waals surface area (Å²) in [6.45, 7) is 8.36. The molecule has 0 bridgehead atoms. The molecule has 0 saturated heterocycles. The molecule has 0 unspecified atom stereocenters. The number of hydrogen-bond donors (Lipinski definition) is 1. The maximum absolute atomic E-state index is 12.8. The summed E-state index contributed by atoms with van der Waals surface area (Å²) in [5.74, 6) is 0.383. The number of aromatic nitrogens is 2. The van der Waals surface area contributed by atoms with Gasteiger partial charge in [0.05, 0.1) is 16.3 Å². The summed E-state index contributed by atoms with van der Waals surface area (Å²) in [5, 5.41) is 8.69. The van der Waals surface area contributed by atoms with Crippen molar-refractivity contribution >= 4 is 33.1 Å². The average Bonchev–Trinajstić information content (AvgIpc) is 3.23. The monoisotopic (exact) mass is 389 g/mol. The average molecular weight is 390 g/mol. The van der Waals surface area contributed by atoms with Crippen molar-refractivity contribution in [2.75, 3.05) is 5.32 Å². The number of thiophene rings is 1. The highest BCUT2D eigenvalue weighted by Gasteiger charge is 2.17. The quantitative estimate of drug-likeness (QED) is 0.460. The first-order chi connectivity index (χ1) is 13.4. The number of benzene rings is 2. The van der Waals surface area contributed by atoms with Gasteiger partial charge in [0.25, 0.3) is 5.91 Å². The van der Waals surface area contributed by atoms with Crippen molar-refractivity contribution < 1.29 is 4.79 Å². The minimum atomic E-state index is -0.0892. The molecule has 4 rings (SSSR count). The van der Waals surface area contributed by atoms with E-state index in [9.17, 15) is 4.79 Å². The number of nitrogens with zero attached hydrogens (tertiary/aromatic N) is 2. The van der Waals surface area contributed by atoms with E-state index in [0.717, 1.165) is 27.3 Å². The summed E-state index contributed by atoms with van der Waals surface area (Å²) in [7, 11) is 0. The van der Waals surface area contributed by atoms with Crippen LogP contribution in [0.15, 0.2) is 54.6 Å². The van der Waals surface area contributed by atoms with Gasteiger partial charge in [0, 0.05) is 11.1 Å². The van der Waals surface area contributed by atoms with E-state index in [2.05, 4.69) is 55.5 Å². The Morgan fingerprint density at radius 3 is 2.50 bits per heavy atom. The van der Waals surface area contributed by atoms with Gasteiger partial charge in [-0.1, -0.05) is 38.1 Å². The van der Waals surface area contributed by atoms with Crippen LogP contribution < -0.4 is 5.32 Å². The summed E-state index contributed by atoms with van der Waals surface area (Å²) in [5.41, 5.74) is 5.18. The smallest absolute Gasteiger partial charge is 0.265 e. The molecule has 0 aliphatic rings. The van der Waals surface area contributed by atoms with Crippen LogP contribution in [0.25, 0.3) is 15.9 Å². The number of fused-ring (bicyclic) bond motifs is 1. The molecular formula is C23H23N3OS. The normalized spacial score (nSPS) is 11.3. The second-order valence-electron chi connectivity index (χ2n) is 7.40. The number of nitrogens with one attached hydrogen (secondary N) is 1. The van der Waals surface area contributed by atoms with Gasteiger partial charge in [0.2, 0.25) is 0 Å². The summed E-state index contributed by atoms with van der Waals surface area (Å²) in [6, 6.07) is 18.2. The maximum atomic E-state index is 12.8. The SMILES string of the molecule is Cc1cccc(-n2nc(C)c3cc(C(=O)Nc4ccc(C(C)C)cc4)sc32)c1. The molecule has 0 atom stereocenters. The van der Waals surface area contributed by atoms with Crippen molar-refractivity contribution in [2.45, 2.75) is 33.6 Å². The van der Waals surface area contributed by atoms with Gasteiger partial charge in [-0.05, 0) is 61.2 Å². The number of amides is 1. The van der Waals surface area contributed by atoms with Crippen LogP contribution in [-0.2, 0) is 0 Å². The molecule has 2 aromatic carbocycles. The Labute approximate surface area is 168 Å². The van der Waals surface area contributed by atoms with Crippen LogP contribution in [0.4, 0.5) is 5.69 Å². The lowest BCUT2D eigenvalue weighted by Crippen LogP contribution is -2.10. The lowest BCUT2D eigenvalue weighted by molar-refractivity contribution is 0.103. The molecule has 4 aromatic rings. The van der Waals surface area contributed by atoms with Crippen LogP contribution in [0.2, 0.25) is 0 Å². The molecule has 5 heteroatoms. The predicted molar refractivity (Wildman–Crippen MR) is 117 cm³/mol. The van der Waals surface area contributed by atoms with Gasteiger partial charge in [0.1, 0.15) is 4.83 Å². The molecule has 28 heavy (non-hydrogen) atoms. The molecule has 0 spiro atoms. The highest BCUT2D eigenvalue weighted by molar-refractivity contribution is 7.20. The van der Waals surface area contributed by atoms with Crippen LogP contribution in [0, 0.1) is 13.8 Å². The van der Waals surface area contributed by atoms with Gasteiger partial charge in [-0.3, -0.25) is 4.79 Å². The Morgan fingerprint density at radius 2 is 1.82 bits per heavy atom. The largest absolute Gasteiger partial charge is 0.321 e. The third-order valence-corrected chi connectivity index (χ3v) is 5.96. The van der Waals surface area contributed by atoms with Gasteiger partial charge in [-0.25, -0.2) is 4.68 Å². The summed E-state index contributed by atoms with van der Waals surface area (Å²) < 4.78 is 1.93. The molecule has 1 amide bonds. The molecule has 2 aromatic heterocycles. The number of carbonyl (C=O) groups excluding carboxylic acids is 1. The molecule has 0 aliphatic heterocycles. The van der Waals surface area contributed by atoms with E-state index in [1.165, 1.54) is 22.5 Å². The van der Waals surface area contributed by atoms with Crippen molar-refractivity contribution in [2.24, 2.45) is 0 Å². The van der Waals surface area contributed by atoms with Crippen LogP contribution in [-0.4, -0.2) is 15.7 Å². The number of rotatable bonds is 4. The fourth-order valence-electron chi connectivity index (χ4n) is 3.24. The minimum Gasteiger partial charge on any atom is -0.321 e. The minimum absolute atomic E-state index is 0.0892. The zero-order valence-corrected chi connectivity index (χ0v) is 17.3. The molecule has 0 aliphatic carbocycles. The third-order valence-electron chi connectivity index (χ3n) is 4.85. The van der Waals surface area contributed by atoms with Crippen molar-refractivity contribution in [3.8, 4) is 5.69 Å². The maximum Gasteiger partial charge on any atom is 0.265 e. The topological polar surface area (TPSA) is 46.9 Å². The van der Waals surface area contributed by atoms with Crippen molar-refractivity contribution in [3.63, 3.8) is 0 Å². The van der Waals surface area contributed by atoms with Gasteiger partial charge < -0.3 is 5.32 Å². The van der Waals surface area contributed by atoms with Crippen molar-refractivity contribution in [1.82, 2.24) is 9.78 Å². The van der Waals surface area contributed by atoms with Gasteiger partial charge >= 0.3 is 0 Å². The molecule has 1 N–H and O–H groups in total. The van der Waals surface area contributed by atoms with E-state index in [4.69, 9.17) is 0 Å². The van der Waals surface area contributed by atoms with Crippen molar-refractivity contribution in [1.29, 1.82) is 0 Å². The second-order valence-corrected chi connectivity index (χ2v) is 8.43. The van der Waals surface area contributed by atoms with E-state index in [0.29, 0.717) is 10.8 Å². The zero-order chi connectivity index (χ0) is 19.8. The van der Waals surface area contributed by atoms with Gasteiger partial charge in [-0.2, -0.15) is 5.10 Å². The Morgan fingerprint density at radius 1 is 1.07 bits per heavy atom. The van der Waals surface area contributed by atoms with E-state index in [1.54, 1.807) is 0 Å². The van der Waals surface area contributed by atoms with Crippen molar-refractivity contribution in [3.05, 3.63) is 76.3 Å². The number of carbonyl (C=O) groups is 1. The Balaban J connectivity index is 1.64. The Hall–Kier alpha value is -2.92. The third kappa shape index (κ3) is 3.45. The molecule has 0 radical (unpaired) electrons. The lowest BCUT2D eigenvalue weighted by atomic mass is 10.0. The highest BCUT2D eigenvalue weighted by atomic mass is 32.1.